The predicted octanol–water partition coefficient (Wildman–Crippen LogP) is 3.58. The van der Waals surface area contributed by atoms with Gasteiger partial charge in [0, 0.05) is 18.4 Å². The van der Waals surface area contributed by atoms with Crippen molar-refractivity contribution in [1.82, 2.24) is 10.3 Å². The fourth-order valence-electron chi connectivity index (χ4n) is 2.67. The molecule has 3 aromatic rings. The first-order valence-electron chi connectivity index (χ1n) is 8.88. The smallest absolute Gasteiger partial charge is 0.337 e. The Hall–Kier alpha value is -3.67. The van der Waals surface area contributed by atoms with Gasteiger partial charge in [-0.15, -0.1) is 0 Å². The first-order valence-corrected chi connectivity index (χ1v) is 8.88. The van der Waals surface area contributed by atoms with E-state index in [9.17, 15) is 9.59 Å². The molecule has 0 saturated heterocycles. The maximum Gasteiger partial charge on any atom is 0.337 e. The number of rotatable bonds is 7. The average molecular weight is 375 g/mol. The van der Waals surface area contributed by atoms with Gasteiger partial charge in [0.05, 0.1) is 30.1 Å². The number of hydrogen-bond acceptors (Lipinski definition) is 5. The van der Waals surface area contributed by atoms with Gasteiger partial charge in [0.2, 0.25) is 0 Å². The molecule has 28 heavy (non-hydrogen) atoms. The summed E-state index contributed by atoms with van der Waals surface area (Å²) in [6.07, 6.45) is 3.93. The normalized spacial score (nSPS) is 10.2. The monoisotopic (exact) mass is 375 g/mol. The summed E-state index contributed by atoms with van der Waals surface area (Å²) in [5.41, 5.74) is 3.58. The lowest BCUT2D eigenvalue weighted by Gasteiger charge is -2.09. The molecular weight excluding hydrogens is 354 g/mol. The van der Waals surface area contributed by atoms with E-state index in [0.29, 0.717) is 23.4 Å². The number of carbonyl (C=O) groups is 2. The van der Waals surface area contributed by atoms with Gasteiger partial charge in [-0.2, -0.15) is 0 Å². The van der Waals surface area contributed by atoms with Crippen molar-refractivity contribution in [2.75, 3.05) is 19.0 Å². The molecule has 1 heterocycles. The van der Waals surface area contributed by atoms with Gasteiger partial charge in [0.25, 0.3) is 5.91 Å². The summed E-state index contributed by atoms with van der Waals surface area (Å²) in [4.78, 5) is 28.0. The lowest BCUT2D eigenvalue weighted by Crippen LogP contribution is -2.25. The lowest BCUT2D eigenvalue weighted by molar-refractivity contribution is 0.0600. The van der Waals surface area contributed by atoms with E-state index < -0.39 is 0 Å². The number of methoxy groups -OCH3 is 1. The van der Waals surface area contributed by atoms with Gasteiger partial charge >= 0.3 is 5.97 Å². The van der Waals surface area contributed by atoms with Gasteiger partial charge in [0.15, 0.2) is 0 Å². The minimum absolute atomic E-state index is 0.173. The van der Waals surface area contributed by atoms with Crippen LogP contribution >= 0.6 is 0 Å². The van der Waals surface area contributed by atoms with Crippen LogP contribution in [0.1, 0.15) is 26.3 Å². The van der Waals surface area contributed by atoms with Crippen LogP contribution in [0.3, 0.4) is 0 Å². The first-order chi connectivity index (χ1) is 13.7. The molecule has 0 radical (unpaired) electrons. The van der Waals surface area contributed by atoms with Crippen molar-refractivity contribution in [3.63, 3.8) is 0 Å². The van der Waals surface area contributed by atoms with Crippen molar-refractivity contribution in [2.45, 2.75) is 6.42 Å². The Balaban J connectivity index is 1.58. The maximum absolute atomic E-state index is 12.4. The van der Waals surface area contributed by atoms with E-state index in [1.807, 2.05) is 30.3 Å². The number of carbonyl (C=O) groups excluding carboxylic acids is 2. The summed E-state index contributed by atoms with van der Waals surface area (Å²) in [5.74, 6) is -0.560. The van der Waals surface area contributed by atoms with Crippen LogP contribution in [-0.2, 0) is 11.2 Å². The predicted molar refractivity (Wildman–Crippen MR) is 108 cm³/mol. The summed E-state index contributed by atoms with van der Waals surface area (Å²) in [6, 6.07) is 18.6. The van der Waals surface area contributed by atoms with Gasteiger partial charge in [-0.1, -0.05) is 30.3 Å². The molecule has 2 aromatic carbocycles. The number of aromatic nitrogens is 1. The molecule has 0 aliphatic heterocycles. The molecule has 0 aliphatic rings. The van der Waals surface area contributed by atoms with Gasteiger partial charge < -0.3 is 15.4 Å². The number of hydrogen-bond donors (Lipinski definition) is 2. The minimum atomic E-state index is -0.387. The zero-order chi connectivity index (χ0) is 19.8. The second-order valence-electron chi connectivity index (χ2n) is 6.15. The molecule has 6 heteroatoms. The number of anilines is 2. The molecule has 0 aliphatic carbocycles. The van der Waals surface area contributed by atoms with E-state index >= 15 is 0 Å². The standard InChI is InChI=1S/C22H21N3O3/c1-28-22(27)17-7-9-19(10-8-17)25-20-13-18(14-23-15-20)21(26)24-12-11-16-5-3-2-4-6-16/h2-10,13-15,25H,11-12H2,1H3,(H,24,26). The van der Waals surface area contributed by atoms with Crippen molar-refractivity contribution < 1.29 is 14.3 Å². The average Bonchev–Trinajstić information content (AvgIpc) is 2.74. The van der Waals surface area contributed by atoms with Crippen LogP contribution < -0.4 is 10.6 Å². The van der Waals surface area contributed by atoms with E-state index in [1.165, 1.54) is 18.9 Å². The number of amides is 1. The van der Waals surface area contributed by atoms with Crippen LogP contribution in [-0.4, -0.2) is 30.5 Å². The molecule has 3 rings (SSSR count). The molecule has 1 aromatic heterocycles. The van der Waals surface area contributed by atoms with Crippen molar-refractivity contribution in [3.05, 3.63) is 89.7 Å². The summed E-state index contributed by atoms with van der Waals surface area (Å²) in [7, 11) is 1.34. The maximum atomic E-state index is 12.4. The van der Waals surface area contributed by atoms with Crippen LogP contribution in [0.25, 0.3) is 0 Å². The zero-order valence-electron chi connectivity index (χ0n) is 15.5. The van der Waals surface area contributed by atoms with Gasteiger partial charge in [-0.05, 0) is 42.3 Å². The Morgan fingerprint density at radius 1 is 0.929 bits per heavy atom. The largest absolute Gasteiger partial charge is 0.465 e. The number of pyridine rings is 1. The number of nitrogens with one attached hydrogen (secondary N) is 2. The van der Waals surface area contributed by atoms with Gasteiger partial charge in [-0.3, -0.25) is 9.78 Å². The summed E-state index contributed by atoms with van der Waals surface area (Å²) in [5, 5.41) is 6.08. The van der Waals surface area contributed by atoms with Crippen molar-refractivity contribution in [2.24, 2.45) is 0 Å². The highest BCUT2D eigenvalue weighted by atomic mass is 16.5. The fraction of sp³-hybridized carbons (Fsp3) is 0.136. The van der Waals surface area contributed by atoms with E-state index in [2.05, 4.69) is 20.4 Å². The Morgan fingerprint density at radius 2 is 1.68 bits per heavy atom. The van der Waals surface area contributed by atoms with E-state index in [-0.39, 0.29) is 11.9 Å². The Labute approximate surface area is 163 Å². The number of esters is 1. The second-order valence-corrected chi connectivity index (χ2v) is 6.15. The van der Waals surface area contributed by atoms with Gasteiger partial charge in [0.1, 0.15) is 0 Å². The van der Waals surface area contributed by atoms with Crippen LogP contribution in [0.15, 0.2) is 73.1 Å². The highest BCUT2D eigenvalue weighted by Gasteiger charge is 2.08. The first kappa shape index (κ1) is 19.1. The third-order valence-corrected chi connectivity index (χ3v) is 4.14. The summed E-state index contributed by atoms with van der Waals surface area (Å²) >= 11 is 0. The van der Waals surface area contributed by atoms with E-state index in [0.717, 1.165) is 12.1 Å². The molecule has 0 saturated carbocycles. The molecule has 0 spiro atoms. The molecule has 0 fully saturated rings. The topological polar surface area (TPSA) is 80.3 Å². The lowest BCUT2D eigenvalue weighted by atomic mass is 10.1. The molecular formula is C22H21N3O3. The van der Waals surface area contributed by atoms with Crippen LogP contribution in [0.4, 0.5) is 11.4 Å². The van der Waals surface area contributed by atoms with Crippen LogP contribution in [0, 0.1) is 0 Å². The van der Waals surface area contributed by atoms with Crippen molar-refractivity contribution in [1.29, 1.82) is 0 Å². The third kappa shape index (κ3) is 5.17. The highest BCUT2D eigenvalue weighted by Crippen LogP contribution is 2.18. The van der Waals surface area contributed by atoms with Gasteiger partial charge in [-0.25, -0.2) is 4.79 Å². The van der Waals surface area contributed by atoms with Crippen LogP contribution in [0.2, 0.25) is 0 Å². The quantitative estimate of drug-likeness (QED) is 0.617. The Morgan fingerprint density at radius 3 is 2.39 bits per heavy atom. The van der Waals surface area contributed by atoms with E-state index in [4.69, 9.17) is 0 Å². The number of nitrogens with zero attached hydrogens (tertiary/aromatic N) is 1. The molecule has 1 amide bonds. The zero-order valence-corrected chi connectivity index (χ0v) is 15.5. The molecule has 0 atom stereocenters. The Bertz CT molecular complexity index is 941. The number of benzene rings is 2. The molecule has 2 N–H and O–H groups in total. The highest BCUT2D eigenvalue weighted by molar-refractivity contribution is 5.95. The van der Waals surface area contributed by atoms with Crippen molar-refractivity contribution >= 4 is 23.3 Å². The van der Waals surface area contributed by atoms with Crippen molar-refractivity contribution in [3.8, 4) is 0 Å². The van der Waals surface area contributed by atoms with Crippen LogP contribution in [0.5, 0.6) is 0 Å². The molecule has 0 bridgehead atoms. The van der Waals surface area contributed by atoms with E-state index in [1.54, 1.807) is 36.5 Å². The minimum Gasteiger partial charge on any atom is -0.465 e. The third-order valence-electron chi connectivity index (χ3n) is 4.14. The summed E-state index contributed by atoms with van der Waals surface area (Å²) in [6.45, 7) is 0.551. The summed E-state index contributed by atoms with van der Waals surface area (Å²) < 4.78 is 4.68. The SMILES string of the molecule is COC(=O)c1ccc(Nc2cncc(C(=O)NCCc3ccccc3)c2)cc1. The second kappa shape index (κ2) is 9.32. The Kier molecular flexibility index (Phi) is 6.36. The molecule has 0 unspecified atom stereocenters. The fourth-order valence-corrected chi connectivity index (χ4v) is 2.67. The molecule has 6 nitrogen and oxygen atoms in total. The number of ether oxygens (including phenoxy) is 1. The molecule has 142 valence electrons.